The third-order valence-electron chi connectivity index (χ3n) is 3.42. The van der Waals surface area contributed by atoms with Crippen molar-refractivity contribution in [3.8, 4) is 11.3 Å². The fraction of sp³-hybridized carbons (Fsp3) is 0.176. The first-order valence-electron chi connectivity index (χ1n) is 7.06. The molecule has 0 atom stereocenters. The Morgan fingerprint density at radius 2 is 1.78 bits per heavy atom. The molecule has 118 valence electrons. The summed E-state index contributed by atoms with van der Waals surface area (Å²) < 4.78 is 0. The number of hydrogen-bond donors (Lipinski definition) is 1. The Balaban J connectivity index is 1.85. The van der Waals surface area contributed by atoms with Crippen LogP contribution in [-0.2, 0) is 0 Å². The van der Waals surface area contributed by atoms with Crippen molar-refractivity contribution in [1.82, 2.24) is 4.98 Å². The largest absolute Gasteiger partial charge is 0.298 e. The molecule has 0 aliphatic carbocycles. The van der Waals surface area contributed by atoms with Gasteiger partial charge in [0.15, 0.2) is 5.13 Å². The van der Waals surface area contributed by atoms with E-state index >= 15 is 0 Å². The lowest BCUT2D eigenvalue weighted by Gasteiger charge is -2.00. The van der Waals surface area contributed by atoms with Crippen LogP contribution < -0.4 is 5.32 Å². The highest BCUT2D eigenvalue weighted by Gasteiger charge is 2.16. The van der Waals surface area contributed by atoms with Gasteiger partial charge in [0.1, 0.15) is 0 Å². The summed E-state index contributed by atoms with van der Waals surface area (Å²) in [5.41, 5.74) is 2.58. The Morgan fingerprint density at radius 1 is 1.09 bits per heavy atom. The zero-order valence-electron chi connectivity index (χ0n) is 12.9. The van der Waals surface area contributed by atoms with E-state index in [0.29, 0.717) is 15.7 Å². The number of rotatable bonds is 3. The molecule has 3 rings (SSSR count). The average Bonchev–Trinajstić information content (AvgIpc) is 3.02. The van der Waals surface area contributed by atoms with Crippen molar-refractivity contribution >= 4 is 45.3 Å². The van der Waals surface area contributed by atoms with Crippen LogP contribution in [0, 0.1) is 20.8 Å². The Bertz CT molecular complexity index is 865. The first kappa shape index (κ1) is 16.2. The Morgan fingerprint density at radius 3 is 2.39 bits per heavy atom. The van der Waals surface area contributed by atoms with Gasteiger partial charge in [0.25, 0.3) is 5.91 Å². The maximum Gasteiger partial charge on any atom is 0.258 e. The lowest BCUT2D eigenvalue weighted by Crippen LogP contribution is -2.11. The smallest absolute Gasteiger partial charge is 0.258 e. The van der Waals surface area contributed by atoms with Crippen LogP contribution in [0.15, 0.2) is 30.3 Å². The number of anilines is 1. The number of thiazole rings is 1. The lowest BCUT2D eigenvalue weighted by atomic mass is 10.1. The molecule has 2 aromatic heterocycles. The SMILES string of the molecule is Cc1cc(C(=O)Nc2nc(-c3ccc(Cl)cc3)c(C)s2)c(C)s1. The second-order valence-corrected chi connectivity index (χ2v) is 8.31. The number of carbonyl (C=O) groups excluding carboxylic acids is 1. The maximum absolute atomic E-state index is 12.4. The zero-order valence-corrected chi connectivity index (χ0v) is 15.3. The van der Waals surface area contributed by atoms with E-state index in [0.717, 1.165) is 25.9 Å². The van der Waals surface area contributed by atoms with Crippen LogP contribution in [0.4, 0.5) is 5.13 Å². The van der Waals surface area contributed by atoms with Crippen LogP contribution in [0.2, 0.25) is 5.02 Å². The number of halogens is 1. The molecule has 1 N–H and O–H groups in total. The molecule has 3 nitrogen and oxygen atoms in total. The summed E-state index contributed by atoms with van der Waals surface area (Å²) in [6.45, 7) is 5.96. The summed E-state index contributed by atoms with van der Waals surface area (Å²) in [5, 5.41) is 4.21. The highest BCUT2D eigenvalue weighted by Crippen LogP contribution is 2.31. The van der Waals surface area contributed by atoms with E-state index in [1.54, 1.807) is 11.3 Å². The van der Waals surface area contributed by atoms with Gasteiger partial charge in [-0.3, -0.25) is 10.1 Å². The maximum atomic E-state index is 12.4. The number of aryl methyl sites for hydroxylation is 3. The van der Waals surface area contributed by atoms with E-state index in [1.807, 2.05) is 51.1 Å². The van der Waals surface area contributed by atoms with Gasteiger partial charge in [0, 0.05) is 25.2 Å². The number of benzene rings is 1. The van der Waals surface area contributed by atoms with Gasteiger partial charge < -0.3 is 0 Å². The topological polar surface area (TPSA) is 42.0 Å². The first-order valence-corrected chi connectivity index (χ1v) is 9.07. The van der Waals surface area contributed by atoms with Gasteiger partial charge >= 0.3 is 0 Å². The van der Waals surface area contributed by atoms with Crippen LogP contribution in [0.25, 0.3) is 11.3 Å². The molecule has 1 amide bonds. The monoisotopic (exact) mass is 362 g/mol. The summed E-state index contributed by atoms with van der Waals surface area (Å²) in [5.74, 6) is -0.108. The number of nitrogens with zero attached hydrogens (tertiary/aromatic N) is 1. The van der Waals surface area contributed by atoms with E-state index in [4.69, 9.17) is 11.6 Å². The molecule has 1 aromatic carbocycles. The molecular weight excluding hydrogens is 348 g/mol. The first-order chi connectivity index (χ1) is 10.9. The highest BCUT2D eigenvalue weighted by molar-refractivity contribution is 7.16. The lowest BCUT2D eigenvalue weighted by molar-refractivity contribution is 0.102. The fourth-order valence-corrected chi connectivity index (χ4v) is 4.22. The molecule has 0 saturated carbocycles. The van der Waals surface area contributed by atoms with Gasteiger partial charge in [0.2, 0.25) is 0 Å². The number of carbonyl (C=O) groups is 1. The molecule has 0 bridgehead atoms. The Hall–Kier alpha value is -1.69. The minimum absolute atomic E-state index is 0.108. The molecule has 0 saturated heterocycles. The van der Waals surface area contributed by atoms with E-state index in [-0.39, 0.29) is 5.91 Å². The standard InChI is InChI=1S/C17H15ClN2OS2/c1-9-8-14(10(2)22-9)16(21)20-17-19-15(11(3)23-17)12-4-6-13(18)7-5-12/h4-8H,1-3H3,(H,19,20,21). The third-order valence-corrected chi connectivity index (χ3v) is 5.52. The van der Waals surface area contributed by atoms with Gasteiger partial charge in [-0.1, -0.05) is 23.7 Å². The zero-order chi connectivity index (χ0) is 16.6. The molecular formula is C17H15ClN2OS2. The third kappa shape index (κ3) is 3.47. The predicted octanol–water partition coefficient (Wildman–Crippen LogP) is 5.70. The molecule has 0 spiro atoms. The molecule has 23 heavy (non-hydrogen) atoms. The summed E-state index contributed by atoms with van der Waals surface area (Å²) in [7, 11) is 0. The molecule has 0 unspecified atom stereocenters. The normalized spacial score (nSPS) is 10.8. The van der Waals surface area contributed by atoms with Crippen molar-refractivity contribution in [2.45, 2.75) is 20.8 Å². The quantitative estimate of drug-likeness (QED) is 0.649. The van der Waals surface area contributed by atoms with Crippen LogP contribution in [0.5, 0.6) is 0 Å². The number of thiophene rings is 1. The second-order valence-electron chi connectivity index (χ2n) is 5.21. The predicted molar refractivity (Wildman–Crippen MR) is 99.0 cm³/mol. The fourth-order valence-electron chi connectivity index (χ4n) is 2.35. The summed E-state index contributed by atoms with van der Waals surface area (Å²) in [6.07, 6.45) is 0. The number of amides is 1. The minimum atomic E-state index is -0.108. The van der Waals surface area contributed by atoms with Crippen molar-refractivity contribution in [2.24, 2.45) is 0 Å². The van der Waals surface area contributed by atoms with Gasteiger partial charge in [-0.05, 0) is 39.0 Å². The van der Waals surface area contributed by atoms with Gasteiger partial charge in [0.05, 0.1) is 11.3 Å². The van der Waals surface area contributed by atoms with Crippen molar-refractivity contribution in [3.05, 3.63) is 55.5 Å². The molecule has 0 aliphatic heterocycles. The molecule has 0 radical (unpaired) electrons. The van der Waals surface area contributed by atoms with Crippen molar-refractivity contribution < 1.29 is 4.79 Å². The van der Waals surface area contributed by atoms with Crippen LogP contribution in [0.1, 0.15) is 25.0 Å². The van der Waals surface area contributed by atoms with Gasteiger partial charge in [-0.2, -0.15) is 0 Å². The number of hydrogen-bond acceptors (Lipinski definition) is 4. The van der Waals surface area contributed by atoms with Crippen molar-refractivity contribution in [2.75, 3.05) is 5.32 Å². The molecule has 3 aromatic rings. The van der Waals surface area contributed by atoms with Gasteiger partial charge in [-0.15, -0.1) is 22.7 Å². The summed E-state index contributed by atoms with van der Waals surface area (Å²) in [4.78, 5) is 20.2. The molecule has 0 fully saturated rings. The average molecular weight is 363 g/mol. The van der Waals surface area contributed by atoms with E-state index in [2.05, 4.69) is 10.3 Å². The van der Waals surface area contributed by atoms with Crippen LogP contribution in [0.3, 0.4) is 0 Å². The molecule has 0 aliphatic rings. The molecule has 2 heterocycles. The van der Waals surface area contributed by atoms with Crippen LogP contribution in [-0.4, -0.2) is 10.9 Å². The van der Waals surface area contributed by atoms with Crippen LogP contribution >= 0.6 is 34.3 Å². The van der Waals surface area contributed by atoms with Crippen molar-refractivity contribution in [3.63, 3.8) is 0 Å². The second kappa shape index (κ2) is 6.43. The van der Waals surface area contributed by atoms with E-state index in [1.165, 1.54) is 11.3 Å². The summed E-state index contributed by atoms with van der Waals surface area (Å²) >= 11 is 9.02. The Labute approximate surface area is 148 Å². The van der Waals surface area contributed by atoms with Crippen molar-refractivity contribution in [1.29, 1.82) is 0 Å². The minimum Gasteiger partial charge on any atom is -0.298 e. The Kier molecular flexibility index (Phi) is 4.53. The van der Waals surface area contributed by atoms with E-state index in [9.17, 15) is 4.79 Å². The number of nitrogens with one attached hydrogen (secondary N) is 1. The van der Waals surface area contributed by atoms with E-state index < -0.39 is 0 Å². The highest BCUT2D eigenvalue weighted by atomic mass is 35.5. The molecule has 6 heteroatoms. The summed E-state index contributed by atoms with van der Waals surface area (Å²) in [6, 6.07) is 9.46. The number of aromatic nitrogens is 1. The van der Waals surface area contributed by atoms with Gasteiger partial charge in [-0.25, -0.2) is 4.98 Å².